The summed E-state index contributed by atoms with van der Waals surface area (Å²) in [5, 5.41) is -0.430. The van der Waals surface area contributed by atoms with Gasteiger partial charge in [0, 0.05) is 5.56 Å². The molecule has 1 unspecified atom stereocenters. The lowest BCUT2D eigenvalue weighted by molar-refractivity contribution is -0.0498. The monoisotopic (exact) mass is 312 g/mol. The first kappa shape index (κ1) is 15.6. The minimum Gasteiger partial charge on any atom is -0.496 e. The number of alkyl halides is 3. The van der Waals surface area contributed by atoms with Gasteiger partial charge in [0.05, 0.1) is 12.5 Å². The fourth-order valence-corrected chi connectivity index (χ4v) is 2.37. The number of hydrogen-bond acceptors (Lipinski definition) is 2. The molecule has 0 saturated heterocycles. The molecule has 112 valence electrons. The first-order valence-corrected chi connectivity index (χ1v) is 6.78. The third-order valence-electron chi connectivity index (χ3n) is 3.06. The molecule has 0 amide bonds. The van der Waals surface area contributed by atoms with Crippen LogP contribution in [0.1, 0.15) is 22.1 Å². The quantitative estimate of drug-likeness (QED) is 0.729. The van der Waals surface area contributed by atoms with Crippen molar-refractivity contribution in [3.63, 3.8) is 0 Å². The third kappa shape index (κ3) is 3.85. The molecule has 0 aliphatic heterocycles. The van der Waals surface area contributed by atoms with E-state index in [2.05, 4.69) is 4.74 Å². The Morgan fingerprint density at radius 2 is 1.71 bits per heavy atom. The predicted molar refractivity (Wildman–Crippen MR) is 78.5 cm³/mol. The normalized spacial score (nSPS) is 12.3. The molecule has 0 radical (unpaired) electrons. The summed E-state index contributed by atoms with van der Waals surface area (Å²) in [6, 6.07) is 12.0. The van der Waals surface area contributed by atoms with Crippen molar-refractivity contribution in [2.75, 3.05) is 7.11 Å². The van der Waals surface area contributed by atoms with Crippen LogP contribution in [0.25, 0.3) is 0 Å². The van der Waals surface area contributed by atoms with Crippen molar-refractivity contribution < 1.29 is 18.3 Å². The standard InChI is InChI=1S/C16H15ClF2O2/c1-10-3-8-14(20-2)13(9-10)15(17)11-4-6-12(7-5-11)21-16(18)19/h3-9,15-16H,1-2H3. The van der Waals surface area contributed by atoms with E-state index in [-0.39, 0.29) is 5.75 Å². The highest BCUT2D eigenvalue weighted by molar-refractivity contribution is 6.22. The van der Waals surface area contributed by atoms with Gasteiger partial charge in [-0.3, -0.25) is 0 Å². The van der Waals surface area contributed by atoms with Crippen LogP contribution >= 0.6 is 11.6 Å². The van der Waals surface area contributed by atoms with Gasteiger partial charge in [-0.25, -0.2) is 0 Å². The zero-order chi connectivity index (χ0) is 15.4. The Morgan fingerprint density at radius 3 is 2.29 bits per heavy atom. The van der Waals surface area contributed by atoms with E-state index in [0.29, 0.717) is 5.75 Å². The molecule has 5 heteroatoms. The molecule has 0 saturated carbocycles. The number of aryl methyl sites for hydroxylation is 1. The van der Waals surface area contributed by atoms with Crippen molar-refractivity contribution >= 4 is 11.6 Å². The van der Waals surface area contributed by atoms with Crippen molar-refractivity contribution in [1.82, 2.24) is 0 Å². The zero-order valence-corrected chi connectivity index (χ0v) is 12.4. The van der Waals surface area contributed by atoms with E-state index in [0.717, 1.165) is 16.7 Å². The minimum absolute atomic E-state index is 0.105. The van der Waals surface area contributed by atoms with Gasteiger partial charge in [0.15, 0.2) is 0 Å². The van der Waals surface area contributed by atoms with Gasteiger partial charge in [0.25, 0.3) is 0 Å². The first-order valence-electron chi connectivity index (χ1n) is 6.34. The number of ether oxygens (including phenoxy) is 2. The summed E-state index contributed by atoms with van der Waals surface area (Å²) in [5.74, 6) is 0.794. The fourth-order valence-electron chi connectivity index (χ4n) is 2.05. The van der Waals surface area contributed by atoms with E-state index in [9.17, 15) is 8.78 Å². The Labute approximate surface area is 127 Å². The number of hydrogen-bond donors (Lipinski definition) is 0. The molecule has 2 aromatic carbocycles. The molecule has 0 N–H and O–H groups in total. The summed E-state index contributed by atoms with van der Waals surface area (Å²) in [4.78, 5) is 0. The minimum atomic E-state index is -2.83. The van der Waals surface area contributed by atoms with Crippen molar-refractivity contribution in [1.29, 1.82) is 0 Å². The zero-order valence-electron chi connectivity index (χ0n) is 11.6. The summed E-state index contributed by atoms with van der Waals surface area (Å²) in [5.41, 5.74) is 2.68. The van der Waals surface area contributed by atoms with Crippen molar-refractivity contribution in [2.45, 2.75) is 18.9 Å². The lowest BCUT2D eigenvalue weighted by atomic mass is 10.0. The van der Waals surface area contributed by atoms with Gasteiger partial charge in [-0.05, 0) is 30.7 Å². The lowest BCUT2D eigenvalue weighted by Gasteiger charge is -2.15. The number of benzene rings is 2. The Balaban J connectivity index is 2.27. The Morgan fingerprint density at radius 1 is 1.05 bits per heavy atom. The van der Waals surface area contributed by atoms with E-state index in [1.807, 2.05) is 25.1 Å². The summed E-state index contributed by atoms with van der Waals surface area (Å²) < 4.78 is 33.9. The highest BCUT2D eigenvalue weighted by atomic mass is 35.5. The van der Waals surface area contributed by atoms with Crippen LogP contribution in [0.5, 0.6) is 11.5 Å². The van der Waals surface area contributed by atoms with Crippen LogP contribution in [-0.2, 0) is 0 Å². The average molecular weight is 313 g/mol. The molecule has 0 aliphatic carbocycles. The van der Waals surface area contributed by atoms with Gasteiger partial charge in [-0.2, -0.15) is 8.78 Å². The van der Waals surface area contributed by atoms with E-state index in [4.69, 9.17) is 16.3 Å². The smallest absolute Gasteiger partial charge is 0.387 e. The summed E-state index contributed by atoms with van der Waals surface area (Å²) >= 11 is 6.48. The molecule has 2 rings (SSSR count). The van der Waals surface area contributed by atoms with Crippen LogP contribution in [0.4, 0.5) is 8.78 Å². The molecular formula is C16H15ClF2O2. The molecule has 0 aromatic heterocycles. The lowest BCUT2D eigenvalue weighted by Crippen LogP contribution is -2.02. The maximum Gasteiger partial charge on any atom is 0.387 e. The highest BCUT2D eigenvalue weighted by Crippen LogP contribution is 2.36. The first-order chi connectivity index (χ1) is 10.0. The molecule has 0 aliphatic rings. The SMILES string of the molecule is COc1ccc(C)cc1C(Cl)c1ccc(OC(F)F)cc1. The highest BCUT2D eigenvalue weighted by Gasteiger charge is 2.16. The third-order valence-corrected chi connectivity index (χ3v) is 3.54. The van der Waals surface area contributed by atoms with Gasteiger partial charge >= 0.3 is 6.61 Å². The van der Waals surface area contributed by atoms with Gasteiger partial charge in [0.2, 0.25) is 0 Å². The maximum atomic E-state index is 12.1. The molecule has 0 fully saturated rings. The number of halogens is 3. The van der Waals surface area contributed by atoms with Gasteiger partial charge in [-0.15, -0.1) is 11.6 Å². The summed E-state index contributed by atoms with van der Waals surface area (Å²) in [7, 11) is 1.58. The van der Waals surface area contributed by atoms with E-state index < -0.39 is 12.0 Å². The second kappa shape index (κ2) is 6.76. The molecule has 1 atom stereocenters. The molecule has 0 heterocycles. The Kier molecular flexibility index (Phi) is 5.02. The van der Waals surface area contributed by atoms with E-state index in [1.165, 1.54) is 12.1 Å². The molecule has 2 aromatic rings. The van der Waals surface area contributed by atoms with Crippen LogP contribution in [0.2, 0.25) is 0 Å². The topological polar surface area (TPSA) is 18.5 Å². The summed E-state index contributed by atoms with van der Waals surface area (Å²) in [6.45, 7) is -0.869. The maximum absolute atomic E-state index is 12.1. The predicted octanol–water partition coefficient (Wildman–Crippen LogP) is 4.93. The second-order valence-corrected chi connectivity index (χ2v) is 4.99. The largest absolute Gasteiger partial charge is 0.496 e. The van der Waals surface area contributed by atoms with Crippen LogP contribution in [0, 0.1) is 6.92 Å². The second-order valence-electron chi connectivity index (χ2n) is 4.56. The van der Waals surface area contributed by atoms with Crippen LogP contribution < -0.4 is 9.47 Å². The summed E-state index contributed by atoms with van der Waals surface area (Å²) in [6.07, 6.45) is 0. The number of rotatable bonds is 5. The van der Waals surface area contributed by atoms with Gasteiger partial charge in [0.1, 0.15) is 11.5 Å². The fraction of sp³-hybridized carbons (Fsp3) is 0.250. The molecular weight excluding hydrogens is 298 g/mol. The van der Waals surface area contributed by atoms with Crippen LogP contribution in [0.3, 0.4) is 0 Å². The average Bonchev–Trinajstić information content (AvgIpc) is 2.46. The Hall–Kier alpha value is -1.81. The molecule has 0 bridgehead atoms. The van der Waals surface area contributed by atoms with Crippen LogP contribution in [-0.4, -0.2) is 13.7 Å². The van der Waals surface area contributed by atoms with Crippen LogP contribution in [0.15, 0.2) is 42.5 Å². The van der Waals surface area contributed by atoms with Gasteiger partial charge < -0.3 is 9.47 Å². The molecule has 2 nitrogen and oxygen atoms in total. The van der Waals surface area contributed by atoms with Crippen molar-refractivity contribution in [2.24, 2.45) is 0 Å². The molecule has 21 heavy (non-hydrogen) atoms. The molecule has 0 spiro atoms. The van der Waals surface area contributed by atoms with E-state index >= 15 is 0 Å². The van der Waals surface area contributed by atoms with Gasteiger partial charge in [-0.1, -0.05) is 29.8 Å². The Bertz CT molecular complexity index is 600. The van der Waals surface area contributed by atoms with Crippen molar-refractivity contribution in [3.8, 4) is 11.5 Å². The van der Waals surface area contributed by atoms with Crippen molar-refractivity contribution in [3.05, 3.63) is 59.2 Å². The number of methoxy groups -OCH3 is 1. The van der Waals surface area contributed by atoms with E-state index in [1.54, 1.807) is 19.2 Å².